The maximum Gasteiger partial charge on any atom is 0.473 e. The molecule has 1 aromatic rings. The van der Waals surface area contributed by atoms with Crippen LogP contribution in [0.2, 0.25) is 0 Å². The quantitative estimate of drug-likeness (QED) is 0.706. The fourth-order valence-corrected chi connectivity index (χ4v) is 4.41. The smallest absolute Gasteiger partial charge is 0.352 e. The van der Waals surface area contributed by atoms with Crippen LogP contribution in [-0.2, 0) is 18.3 Å². The maximum atomic E-state index is 12.4. The minimum atomic E-state index is -4.34. The van der Waals surface area contributed by atoms with Crippen molar-refractivity contribution < 1.29 is 23.2 Å². The molecule has 0 bridgehead atoms. The van der Waals surface area contributed by atoms with Crippen LogP contribution in [0.5, 0.6) is 0 Å². The van der Waals surface area contributed by atoms with Gasteiger partial charge in [0.25, 0.3) is 5.56 Å². The molecule has 2 rings (SSSR count). The fraction of sp³-hybridized carbons (Fsp3) is 0.778. The predicted octanol–water partition coefficient (Wildman–Crippen LogP) is 2.87. The molecule has 28 heavy (non-hydrogen) atoms. The van der Waals surface area contributed by atoms with Crippen molar-refractivity contribution in [2.24, 2.45) is 5.41 Å². The zero-order chi connectivity index (χ0) is 21.5. The number of ether oxygens (including phenoxy) is 1. The van der Waals surface area contributed by atoms with Gasteiger partial charge in [0.1, 0.15) is 6.23 Å². The highest BCUT2D eigenvalue weighted by molar-refractivity contribution is 7.47. The van der Waals surface area contributed by atoms with Crippen LogP contribution in [0.4, 0.5) is 0 Å². The number of phosphoric ester groups is 1. The Morgan fingerprint density at radius 3 is 2.43 bits per heavy atom. The highest BCUT2D eigenvalue weighted by Gasteiger charge is 2.44. The van der Waals surface area contributed by atoms with Gasteiger partial charge in [0.15, 0.2) is 0 Å². The van der Waals surface area contributed by atoms with E-state index in [0.29, 0.717) is 12.0 Å². The Morgan fingerprint density at radius 1 is 1.29 bits per heavy atom. The van der Waals surface area contributed by atoms with Crippen molar-refractivity contribution in [1.82, 2.24) is 9.55 Å². The molecule has 0 aliphatic carbocycles. The summed E-state index contributed by atoms with van der Waals surface area (Å²) in [5, 5.41) is 0. The average molecular weight is 418 g/mol. The number of aromatic nitrogens is 2. The van der Waals surface area contributed by atoms with E-state index in [9.17, 15) is 19.0 Å². The molecule has 1 unspecified atom stereocenters. The van der Waals surface area contributed by atoms with Gasteiger partial charge in [-0.1, -0.05) is 20.8 Å². The van der Waals surface area contributed by atoms with Crippen LogP contribution < -0.4 is 11.2 Å². The molecule has 1 saturated heterocycles. The number of phosphoric acid groups is 1. The molecule has 0 saturated carbocycles. The van der Waals surface area contributed by atoms with Crippen LogP contribution in [0.3, 0.4) is 0 Å². The van der Waals surface area contributed by atoms with Gasteiger partial charge in [-0.2, -0.15) is 0 Å². The molecular weight excluding hydrogens is 387 g/mol. The molecule has 10 heteroatoms. The summed E-state index contributed by atoms with van der Waals surface area (Å²) in [5.41, 5.74) is -1.71. The van der Waals surface area contributed by atoms with Crippen LogP contribution in [0.25, 0.3) is 0 Å². The van der Waals surface area contributed by atoms with E-state index in [2.05, 4.69) is 4.98 Å². The largest absolute Gasteiger partial charge is 0.473 e. The monoisotopic (exact) mass is 418 g/mol. The second kappa shape index (κ2) is 7.88. The van der Waals surface area contributed by atoms with Crippen LogP contribution in [0, 0.1) is 12.3 Å². The van der Waals surface area contributed by atoms with Gasteiger partial charge in [0.05, 0.1) is 17.8 Å². The van der Waals surface area contributed by atoms with E-state index in [0.717, 1.165) is 0 Å². The number of hydrogen-bond donors (Lipinski definition) is 2. The number of nitrogens with one attached hydrogen (secondary N) is 1. The number of H-pyrrole nitrogens is 1. The molecule has 1 aliphatic rings. The van der Waals surface area contributed by atoms with Crippen molar-refractivity contribution >= 4 is 7.82 Å². The maximum absolute atomic E-state index is 12.4. The minimum Gasteiger partial charge on any atom is -0.352 e. The summed E-state index contributed by atoms with van der Waals surface area (Å²) >= 11 is 0. The second-order valence-electron chi connectivity index (χ2n) is 9.42. The number of aryl methyl sites for hydroxylation is 1. The Bertz CT molecular complexity index is 862. The normalized spacial score (nSPS) is 25.6. The summed E-state index contributed by atoms with van der Waals surface area (Å²) < 4.78 is 30.4. The van der Waals surface area contributed by atoms with E-state index in [4.69, 9.17) is 13.8 Å². The molecule has 160 valence electrons. The van der Waals surface area contributed by atoms with Gasteiger partial charge in [-0.3, -0.25) is 23.4 Å². The first kappa shape index (κ1) is 23.0. The SMILES string of the molecule is Cc1cn([C@H]2C[C@@H](OP(=O)(O)OC(C)(C)C)[C@@H](CC(C)(C)C)O2)c(=O)[nH]c1=O. The van der Waals surface area contributed by atoms with E-state index < -0.39 is 43.1 Å². The van der Waals surface area contributed by atoms with Crippen LogP contribution in [-0.4, -0.2) is 32.3 Å². The summed E-state index contributed by atoms with van der Waals surface area (Å²) in [6, 6.07) is 0. The van der Waals surface area contributed by atoms with Crippen molar-refractivity contribution in [3.8, 4) is 0 Å². The molecule has 2 N–H and O–H groups in total. The Kier molecular flexibility index (Phi) is 6.48. The molecule has 1 aliphatic heterocycles. The van der Waals surface area contributed by atoms with Gasteiger partial charge < -0.3 is 9.63 Å². The summed E-state index contributed by atoms with van der Waals surface area (Å²) in [6.07, 6.45) is 0.141. The topological polar surface area (TPSA) is 120 Å². The van der Waals surface area contributed by atoms with Crippen molar-refractivity contribution in [2.45, 2.75) is 85.3 Å². The van der Waals surface area contributed by atoms with Crippen LogP contribution in [0.1, 0.15) is 66.2 Å². The van der Waals surface area contributed by atoms with Gasteiger partial charge in [0, 0.05) is 18.2 Å². The molecule has 1 aromatic heterocycles. The lowest BCUT2D eigenvalue weighted by atomic mass is 9.87. The van der Waals surface area contributed by atoms with E-state index in [1.807, 2.05) is 20.8 Å². The Morgan fingerprint density at radius 2 is 1.89 bits per heavy atom. The third-order valence-electron chi connectivity index (χ3n) is 4.11. The Balaban J connectivity index is 2.30. The fourth-order valence-electron chi connectivity index (χ4n) is 3.11. The first-order chi connectivity index (χ1) is 12.6. The lowest BCUT2D eigenvalue weighted by Gasteiger charge is -2.29. The summed E-state index contributed by atoms with van der Waals surface area (Å²) in [6.45, 7) is 12.6. The Labute approximate surface area is 164 Å². The van der Waals surface area contributed by atoms with E-state index in [-0.39, 0.29) is 11.8 Å². The lowest BCUT2D eigenvalue weighted by molar-refractivity contribution is -0.0427. The molecule has 0 amide bonds. The van der Waals surface area contributed by atoms with Gasteiger partial charge in [0.2, 0.25) is 0 Å². The molecule has 0 spiro atoms. The second-order valence-corrected chi connectivity index (χ2v) is 10.8. The van der Waals surface area contributed by atoms with Crippen molar-refractivity contribution in [3.05, 3.63) is 32.6 Å². The number of aromatic amines is 1. The standard InChI is InChI=1S/C18H31N2O7P/c1-11-10-20(16(22)19-15(11)21)14-8-12(13(25-14)9-17(2,3)4)26-28(23,24)27-18(5,6)7/h10,12-14H,8-9H2,1-7H3,(H,23,24)(H,19,21,22)/t12-,13-,14-/m1/s1. The summed E-state index contributed by atoms with van der Waals surface area (Å²) in [7, 11) is -4.34. The van der Waals surface area contributed by atoms with Crippen LogP contribution in [0.15, 0.2) is 15.8 Å². The van der Waals surface area contributed by atoms with E-state index in [1.54, 1.807) is 27.7 Å². The average Bonchev–Trinajstić information content (AvgIpc) is 2.79. The molecular formula is C18H31N2O7P. The van der Waals surface area contributed by atoms with Crippen molar-refractivity contribution in [1.29, 1.82) is 0 Å². The predicted molar refractivity (Wildman–Crippen MR) is 104 cm³/mol. The third-order valence-corrected chi connectivity index (χ3v) is 5.42. The molecule has 0 radical (unpaired) electrons. The first-order valence-corrected chi connectivity index (χ1v) is 10.8. The van der Waals surface area contributed by atoms with Crippen LogP contribution >= 0.6 is 7.82 Å². The zero-order valence-corrected chi connectivity index (χ0v) is 18.4. The first-order valence-electron chi connectivity index (χ1n) is 9.26. The Hall–Kier alpha value is -1.25. The molecule has 1 fully saturated rings. The van der Waals surface area contributed by atoms with Crippen molar-refractivity contribution in [3.63, 3.8) is 0 Å². The van der Waals surface area contributed by atoms with Gasteiger partial charge in [-0.05, 0) is 39.5 Å². The number of nitrogens with zero attached hydrogens (tertiary/aromatic N) is 1. The summed E-state index contributed by atoms with van der Waals surface area (Å²) in [4.78, 5) is 36.2. The van der Waals surface area contributed by atoms with E-state index in [1.165, 1.54) is 10.8 Å². The van der Waals surface area contributed by atoms with Gasteiger partial charge >= 0.3 is 13.5 Å². The summed E-state index contributed by atoms with van der Waals surface area (Å²) in [5.74, 6) is 0. The highest BCUT2D eigenvalue weighted by atomic mass is 31.2. The minimum absolute atomic E-state index is 0.141. The molecule has 2 heterocycles. The third kappa shape index (κ3) is 6.39. The van der Waals surface area contributed by atoms with Crippen molar-refractivity contribution in [2.75, 3.05) is 0 Å². The molecule has 0 aromatic carbocycles. The number of rotatable bonds is 5. The number of hydrogen-bond acceptors (Lipinski definition) is 6. The van der Waals surface area contributed by atoms with E-state index >= 15 is 0 Å². The molecule has 9 nitrogen and oxygen atoms in total. The molecule has 4 atom stereocenters. The lowest BCUT2D eigenvalue weighted by Crippen LogP contribution is -2.33. The highest BCUT2D eigenvalue weighted by Crippen LogP contribution is 2.51. The van der Waals surface area contributed by atoms with Gasteiger partial charge in [-0.25, -0.2) is 9.36 Å². The van der Waals surface area contributed by atoms with Gasteiger partial charge in [-0.15, -0.1) is 0 Å². The zero-order valence-electron chi connectivity index (χ0n) is 17.5.